The summed E-state index contributed by atoms with van der Waals surface area (Å²) in [5.74, 6) is -0.00151. The third-order valence-corrected chi connectivity index (χ3v) is 5.80. The summed E-state index contributed by atoms with van der Waals surface area (Å²) in [5.41, 5.74) is 2.68. The average molecular weight is 388 g/mol. The SMILES string of the molecule is CCOC(=O)c1c(NC(=O)[C@H](C)Oc2ccc(C)cc2)sc2c1CCCC2. The van der Waals surface area contributed by atoms with Gasteiger partial charge in [0.2, 0.25) is 0 Å². The lowest BCUT2D eigenvalue weighted by molar-refractivity contribution is -0.122. The number of carbonyl (C=O) groups is 2. The molecule has 3 rings (SSSR count). The number of carbonyl (C=O) groups excluding carboxylic acids is 2. The first-order chi connectivity index (χ1) is 13.0. The Balaban J connectivity index is 1.77. The Morgan fingerprint density at radius 2 is 1.89 bits per heavy atom. The Labute approximate surface area is 163 Å². The molecule has 27 heavy (non-hydrogen) atoms. The smallest absolute Gasteiger partial charge is 0.341 e. The van der Waals surface area contributed by atoms with E-state index in [1.54, 1.807) is 13.8 Å². The summed E-state index contributed by atoms with van der Waals surface area (Å²) in [7, 11) is 0. The maximum atomic E-state index is 12.6. The zero-order valence-corrected chi connectivity index (χ0v) is 16.8. The van der Waals surface area contributed by atoms with Crippen LogP contribution in [-0.2, 0) is 22.4 Å². The number of rotatable bonds is 6. The maximum absolute atomic E-state index is 12.6. The molecule has 1 aliphatic rings. The Bertz CT molecular complexity index is 825. The molecule has 1 aromatic carbocycles. The molecule has 0 aliphatic heterocycles. The third-order valence-electron chi connectivity index (χ3n) is 4.59. The number of fused-ring (bicyclic) bond motifs is 1. The monoisotopic (exact) mass is 387 g/mol. The highest BCUT2D eigenvalue weighted by Crippen LogP contribution is 2.38. The molecule has 144 valence electrons. The summed E-state index contributed by atoms with van der Waals surface area (Å²) in [6, 6.07) is 7.55. The van der Waals surface area contributed by atoms with E-state index in [0.29, 0.717) is 22.9 Å². The molecule has 1 N–H and O–H groups in total. The van der Waals surface area contributed by atoms with E-state index in [0.717, 1.165) is 36.8 Å². The lowest BCUT2D eigenvalue weighted by atomic mass is 9.95. The number of amides is 1. The van der Waals surface area contributed by atoms with Crippen LogP contribution in [-0.4, -0.2) is 24.6 Å². The molecule has 6 heteroatoms. The van der Waals surface area contributed by atoms with Crippen LogP contribution in [0.15, 0.2) is 24.3 Å². The zero-order chi connectivity index (χ0) is 19.4. The van der Waals surface area contributed by atoms with Crippen molar-refractivity contribution in [2.45, 2.75) is 52.6 Å². The van der Waals surface area contributed by atoms with Crippen LogP contribution in [0.3, 0.4) is 0 Å². The highest BCUT2D eigenvalue weighted by molar-refractivity contribution is 7.17. The van der Waals surface area contributed by atoms with E-state index in [1.807, 2.05) is 31.2 Å². The Morgan fingerprint density at radius 3 is 2.59 bits per heavy atom. The number of thiophene rings is 1. The number of nitrogens with one attached hydrogen (secondary N) is 1. The third kappa shape index (κ3) is 4.50. The second-order valence-corrected chi connectivity index (χ2v) is 7.80. The number of hydrogen-bond acceptors (Lipinski definition) is 5. The second kappa shape index (κ2) is 8.57. The van der Waals surface area contributed by atoms with Crippen molar-refractivity contribution in [3.05, 3.63) is 45.8 Å². The van der Waals surface area contributed by atoms with Crippen molar-refractivity contribution in [1.82, 2.24) is 0 Å². The van der Waals surface area contributed by atoms with Crippen LogP contribution >= 0.6 is 11.3 Å². The number of ether oxygens (including phenoxy) is 2. The number of aryl methyl sites for hydroxylation is 2. The average Bonchev–Trinajstić information content (AvgIpc) is 3.01. The summed E-state index contributed by atoms with van der Waals surface area (Å²) in [6.45, 7) is 5.79. The molecule has 2 aromatic rings. The molecular weight excluding hydrogens is 362 g/mol. The molecule has 1 amide bonds. The number of benzene rings is 1. The van der Waals surface area contributed by atoms with E-state index in [4.69, 9.17) is 9.47 Å². The fourth-order valence-electron chi connectivity index (χ4n) is 3.16. The first kappa shape index (κ1) is 19.4. The quantitative estimate of drug-likeness (QED) is 0.740. The van der Waals surface area contributed by atoms with Crippen molar-refractivity contribution in [1.29, 1.82) is 0 Å². The first-order valence-electron chi connectivity index (χ1n) is 9.35. The van der Waals surface area contributed by atoms with Crippen LogP contribution in [0.2, 0.25) is 0 Å². The van der Waals surface area contributed by atoms with E-state index in [2.05, 4.69) is 5.32 Å². The van der Waals surface area contributed by atoms with Crippen molar-refractivity contribution in [2.75, 3.05) is 11.9 Å². The summed E-state index contributed by atoms with van der Waals surface area (Å²) < 4.78 is 11.0. The van der Waals surface area contributed by atoms with Gasteiger partial charge in [-0.25, -0.2) is 4.79 Å². The van der Waals surface area contributed by atoms with Gasteiger partial charge in [0.05, 0.1) is 12.2 Å². The summed E-state index contributed by atoms with van der Waals surface area (Å²) in [5, 5.41) is 3.47. The first-order valence-corrected chi connectivity index (χ1v) is 10.2. The highest BCUT2D eigenvalue weighted by Gasteiger charge is 2.28. The molecule has 5 nitrogen and oxygen atoms in total. The molecule has 1 heterocycles. The van der Waals surface area contributed by atoms with Crippen LogP contribution in [0.1, 0.15) is 53.1 Å². The van der Waals surface area contributed by atoms with Crippen molar-refractivity contribution < 1.29 is 19.1 Å². The Morgan fingerprint density at radius 1 is 1.19 bits per heavy atom. The minimum Gasteiger partial charge on any atom is -0.481 e. The van der Waals surface area contributed by atoms with Crippen molar-refractivity contribution in [3.8, 4) is 5.75 Å². The van der Waals surface area contributed by atoms with Gasteiger partial charge in [-0.05, 0) is 64.2 Å². The predicted octanol–water partition coefficient (Wildman–Crippen LogP) is 4.52. The van der Waals surface area contributed by atoms with Gasteiger partial charge >= 0.3 is 5.97 Å². The lowest BCUT2D eigenvalue weighted by Crippen LogP contribution is -2.30. The minimum absolute atomic E-state index is 0.278. The van der Waals surface area contributed by atoms with Crippen molar-refractivity contribution in [3.63, 3.8) is 0 Å². The highest BCUT2D eigenvalue weighted by atomic mass is 32.1. The standard InChI is InChI=1S/C21H25NO4S/c1-4-25-21(24)18-16-7-5-6-8-17(16)27-20(18)22-19(23)14(3)26-15-11-9-13(2)10-12-15/h9-12,14H,4-8H2,1-3H3,(H,22,23)/t14-/m0/s1. The molecule has 0 unspecified atom stereocenters. The molecule has 0 fully saturated rings. The Kier molecular flexibility index (Phi) is 6.16. The summed E-state index contributed by atoms with van der Waals surface area (Å²) in [4.78, 5) is 26.3. The van der Waals surface area contributed by atoms with Crippen molar-refractivity contribution in [2.24, 2.45) is 0 Å². The minimum atomic E-state index is -0.679. The largest absolute Gasteiger partial charge is 0.481 e. The van der Waals surface area contributed by atoms with E-state index in [1.165, 1.54) is 16.2 Å². The number of anilines is 1. The fraction of sp³-hybridized carbons (Fsp3) is 0.429. The van der Waals surface area contributed by atoms with Gasteiger partial charge in [0.15, 0.2) is 6.10 Å². The number of hydrogen-bond donors (Lipinski definition) is 1. The van der Waals surface area contributed by atoms with E-state index >= 15 is 0 Å². The molecule has 0 saturated carbocycles. The van der Waals surface area contributed by atoms with Gasteiger partial charge in [0, 0.05) is 4.88 Å². The van der Waals surface area contributed by atoms with Crippen LogP contribution < -0.4 is 10.1 Å². The van der Waals surface area contributed by atoms with Gasteiger partial charge < -0.3 is 14.8 Å². The molecule has 0 bridgehead atoms. The molecule has 1 aromatic heterocycles. The van der Waals surface area contributed by atoms with Crippen LogP contribution in [0.5, 0.6) is 5.75 Å². The second-order valence-electron chi connectivity index (χ2n) is 6.70. The van der Waals surface area contributed by atoms with E-state index in [9.17, 15) is 9.59 Å². The van der Waals surface area contributed by atoms with Crippen molar-refractivity contribution >= 4 is 28.2 Å². The van der Waals surface area contributed by atoms with Gasteiger partial charge in [-0.15, -0.1) is 11.3 Å². The zero-order valence-electron chi connectivity index (χ0n) is 16.0. The van der Waals surface area contributed by atoms with Gasteiger partial charge in [0.1, 0.15) is 10.8 Å². The molecule has 0 spiro atoms. The van der Waals surface area contributed by atoms with Gasteiger partial charge in [0.25, 0.3) is 5.91 Å². The topological polar surface area (TPSA) is 64.6 Å². The summed E-state index contributed by atoms with van der Waals surface area (Å²) in [6.07, 6.45) is 3.28. The number of esters is 1. The molecular formula is C21H25NO4S. The molecule has 0 radical (unpaired) electrons. The van der Waals surface area contributed by atoms with Gasteiger partial charge in [-0.2, -0.15) is 0 Å². The van der Waals surface area contributed by atoms with Gasteiger partial charge in [-0.1, -0.05) is 17.7 Å². The van der Waals surface area contributed by atoms with Crippen LogP contribution in [0, 0.1) is 6.92 Å². The van der Waals surface area contributed by atoms with Gasteiger partial charge in [-0.3, -0.25) is 4.79 Å². The molecule has 0 saturated heterocycles. The summed E-state index contributed by atoms with van der Waals surface area (Å²) >= 11 is 1.48. The lowest BCUT2D eigenvalue weighted by Gasteiger charge is -2.15. The van der Waals surface area contributed by atoms with E-state index in [-0.39, 0.29) is 11.9 Å². The Hall–Kier alpha value is -2.34. The predicted molar refractivity (Wildman–Crippen MR) is 107 cm³/mol. The molecule has 1 aliphatic carbocycles. The maximum Gasteiger partial charge on any atom is 0.341 e. The van der Waals surface area contributed by atoms with Crippen LogP contribution in [0.4, 0.5) is 5.00 Å². The van der Waals surface area contributed by atoms with E-state index < -0.39 is 6.10 Å². The normalized spacial score (nSPS) is 14.2. The van der Waals surface area contributed by atoms with Crippen LogP contribution in [0.25, 0.3) is 0 Å². The molecule has 1 atom stereocenters. The fourth-order valence-corrected chi connectivity index (χ4v) is 4.44.